The predicted molar refractivity (Wildman–Crippen MR) is 65.4 cm³/mol. The van der Waals surface area contributed by atoms with E-state index in [-0.39, 0.29) is 17.8 Å². The third-order valence-electron chi connectivity index (χ3n) is 3.71. The highest BCUT2D eigenvalue weighted by atomic mass is 16.5. The van der Waals surface area contributed by atoms with Crippen molar-refractivity contribution in [2.24, 2.45) is 5.92 Å². The number of ether oxygens (including phenoxy) is 1. The number of nitrogens with one attached hydrogen (secondary N) is 1. The van der Waals surface area contributed by atoms with E-state index in [1.165, 1.54) is 7.11 Å². The molecule has 0 radical (unpaired) electrons. The van der Waals surface area contributed by atoms with Gasteiger partial charge in [0.15, 0.2) is 0 Å². The SMILES string of the molecule is CCC(C)C(=O)NC1(C(=O)OC)CCCCC1. The van der Waals surface area contributed by atoms with E-state index < -0.39 is 5.54 Å². The van der Waals surface area contributed by atoms with Crippen LogP contribution in [0.1, 0.15) is 52.4 Å². The average Bonchev–Trinajstić information content (AvgIpc) is 2.37. The molecule has 0 aromatic carbocycles. The van der Waals surface area contributed by atoms with E-state index in [9.17, 15) is 9.59 Å². The van der Waals surface area contributed by atoms with Crippen molar-refractivity contribution in [3.8, 4) is 0 Å². The molecule has 0 aromatic rings. The minimum Gasteiger partial charge on any atom is -0.467 e. The van der Waals surface area contributed by atoms with Crippen molar-refractivity contribution in [3.63, 3.8) is 0 Å². The molecule has 0 spiro atoms. The van der Waals surface area contributed by atoms with Gasteiger partial charge in [-0.15, -0.1) is 0 Å². The lowest BCUT2D eigenvalue weighted by atomic mass is 9.81. The van der Waals surface area contributed by atoms with Crippen molar-refractivity contribution >= 4 is 11.9 Å². The summed E-state index contributed by atoms with van der Waals surface area (Å²) in [6.45, 7) is 3.85. The standard InChI is InChI=1S/C13H23NO3/c1-4-10(2)11(15)14-13(12(16)17-3)8-6-5-7-9-13/h10H,4-9H2,1-3H3,(H,14,15). The zero-order chi connectivity index (χ0) is 12.9. The van der Waals surface area contributed by atoms with Crippen molar-refractivity contribution in [3.05, 3.63) is 0 Å². The summed E-state index contributed by atoms with van der Waals surface area (Å²) in [5.41, 5.74) is -0.770. The van der Waals surface area contributed by atoms with Gasteiger partial charge < -0.3 is 10.1 Å². The molecule has 4 heteroatoms. The molecule has 0 aromatic heterocycles. The van der Waals surface area contributed by atoms with Crippen LogP contribution in [0, 0.1) is 5.92 Å². The summed E-state index contributed by atoms with van der Waals surface area (Å²) in [7, 11) is 1.38. The first-order valence-electron chi connectivity index (χ1n) is 6.46. The van der Waals surface area contributed by atoms with Crippen LogP contribution in [0.5, 0.6) is 0 Å². The fourth-order valence-corrected chi connectivity index (χ4v) is 2.28. The van der Waals surface area contributed by atoms with Gasteiger partial charge in [0, 0.05) is 5.92 Å². The number of amides is 1. The quantitative estimate of drug-likeness (QED) is 0.766. The second-order valence-electron chi connectivity index (χ2n) is 4.93. The summed E-state index contributed by atoms with van der Waals surface area (Å²) < 4.78 is 4.85. The fraction of sp³-hybridized carbons (Fsp3) is 0.846. The largest absolute Gasteiger partial charge is 0.467 e. The van der Waals surface area contributed by atoms with Gasteiger partial charge in [-0.3, -0.25) is 4.79 Å². The lowest BCUT2D eigenvalue weighted by Crippen LogP contribution is -2.57. The maximum Gasteiger partial charge on any atom is 0.331 e. The van der Waals surface area contributed by atoms with Crippen LogP contribution in [-0.4, -0.2) is 24.5 Å². The fourth-order valence-electron chi connectivity index (χ4n) is 2.28. The van der Waals surface area contributed by atoms with Crippen LogP contribution in [0.2, 0.25) is 0 Å². The molecular weight excluding hydrogens is 218 g/mol. The average molecular weight is 241 g/mol. The van der Waals surface area contributed by atoms with Crippen LogP contribution in [-0.2, 0) is 14.3 Å². The molecule has 1 atom stereocenters. The second kappa shape index (κ2) is 6.03. The Morgan fingerprint density at radius 1 is 1.29 bits per heavy atom. The maximum atomic E-state index is 11.9. The lowest BCUT2D eigenvalue weighted by Gasteiger charge is -2.35. The number of carbonyl (C=O) groups is 2. The summed E-state index contributed by atoms with van der Waals surface area (Å²) >= 11 is 0. The van der Waals surface area contributed by atoms with Crippen molar-refractivity contribution < 1.29 is 14.3 Å². The molecule has 1 aliphatic carbocycles. The summed E-state index contributed by atoms with van der Waals surface area (Å²) in [5.74, 6) is -0.396. The number of carbonyl (C=O) groups excluding carboxylic acids is 2. The Morgan fingerprint density at radius 3 is 2.35 bits per heavy atom. The monoisotopic (exact) mass is 241 g/mol. The number of hydrogen-bond acceptors (Lipinski definition) is 3. The van der Waals surface area contributed by atoms with Crippen LogP contribution in [0.25, 0.3) is 0 Å². The summed E-state index contributed by atoms with van der Waals surface area (Å²) in [4.78, 5) is 23.8. The molecule has 1 saturated carbocycles. The number of rotatable bonds is 4. The molecule has 0 bridgehead atoms. The van der Waals surface area contributed by atoms with E-state index >= 15 is 0 Å². The Kier molecular flexibility index (Phi) is 4.97. The van der Waals surface area contributed by atoms with E-state index in [2.05, 4.69) is 5.32 Å². The second-order valence-corrected chi connectivity index (χ2v) is 4.93. The van der Waals surface area contributed by atoms with Gasteiger partial charge in [-0.25, -0.2) is 4.79 Å². The van der Waals surface area contributed by atoms with Crippen LogP contribution in [0.4, 0.5) is 0 Å². The first kappa shape index (κ1) is 14.0. The van der Waals surface area contributed by atoms with Crippen LogP contribution in [0.3, 0.4) is 0 Å². The Labute approximate surface area is 103 Å². The Balaban J connectivity index is 2.76. The van der Waals surface area contributed by atoms with Gasteiger partial charge in [0.05, 0.1) is 7.11 Å². The Hall–Kier alpha value is -1.06. The first-order valence-corrected chi connectivity index (χ1v) is 6.46. The van der Waals surface area contributed by atoms with Crippen LogP contribution >= 0.6 is 0 Å². The predicted octanol–water partition coefficient (Wildman–Crippen LogP) is 2.02. The van der Waals surface area contributed by atoms with Gasteiger partial charge in [-0.05, 0) is 19.3 Å². The minimum atomic E-state index is -0.770. The molecule has 1 unspecified atom stereocenters. The van der Waals surface area contributed by atoms with Crippen molar-refractivity contribution in [1.29, 1.82) is 0 Å². The third kappa shape index (κ3) is 3.20. The molecule has 0 aliphatic heterocycles. The number of methoxy groups -OCH3 is 1. The topological polar surface area (TPSA) is 55.4 Å². The number of esters is 1. The summed E-state index contributed by atoms with van der Waals surface area (Å²) in [6.07, 6.45) is 5.23. The van der Waals surface area contributed by atoms with Gasteiger partial charge in [0.2, 0.25) is 5.91 Å². The molecule has 98 valence electrons. The van der Waals surface area contributed by atoms with E-state index in [1.807, 2.05) is 13.8 Å². The van der Waals surface area contributed by atoms with Gasteiger partial charge in [0.25, 0.3) is 0 Å². The zero-order valence-corrected chi connectivity index (χ0v) is 11.0. The van der Waals surface area contributed by atoms with Crippen molar-refractivity contribution in [2.45, 2.75) is 57.9 Å². The molecule has 1 N–H and O–H groups in total. The highest BCUT2D eigenvalue weighted by Crippen LogP contribution is 2.29. The van der Waals surface area contributed by atoms with E-state index in [4.69, 9.17) is 4.74 Å². The van der Waals surface area contributed by atoms with Crippen LogP contribution < -0.4 is 5.32 Å². The maximum absolute atomic E-state index is 11.9. The molecule has 4 nitrogen and oxygen atoms in total. The zero-order valence-electron chi connectivity index (χ0n) is 11.0. The molecule has 1 amide bonds. The molecule has 1 fully saturated rings. The smallest absolute Gasteiger partial charge is 0.331 e. The van der Waals surface area contributed by atoms with Gasteiger partial charge in [-0.2, -0.15) is 0 Å². The molecule has 17 heavy (non-hydrogen) atoms. The molecule has 1 aliphatic rings. The Morgan fingerprint density at radius 2 is 1.88 bits per heavy atom. The van der Waals surface area contributed by atoms with Gasteiger partial charge in [-0.1, -0.05) is 33.1 Å². The molecular formula is C13H23NO3. The first-order chi connectivity index (χ1) is 8.05. The van der Waals surface area contributed by atoms with Gasteiger partial charge in [0.1, 0.15) is 5.54 Å². The molecule has 1 rings (SSSR count). The van der Waals surface area contributed by atoms with Crippen molar-refractivity contribution in [2.75, 3.05) is 7.11 Å². The molecule has 0 heterocycles. The lowest BCUT2D eigenvalue weighted by molar-refractivity contribution is -0.153. The highest BCUT2D eigenvalue weighted by Gasteiger charge is 2.42. The minimum absolute atomic E-state index is 0.0419. The van der Waals surface area contributed by atoms with Gasteiger partial charge >= 0.3 is 5.97 Å². The van der Waals surface area contributed by atoms with E-state index in [1.54, 1.807) is 0 Å². The van der Waals surface area contributed by atoms with Crippen molar-refractivity contribution in [1.82, 2.24) is 5.32 Å². The Bertz CT molecular complexity index is 282. The normalized spacial score (nSPS) is 20.4. The third-order valence-corrected chi connectivity index (χ3v) is 3.71. The van der Waals surface area contributed by atoms with E-state index in [0.717, 1.165) is 25.7 Å². The summed E-state index contributed by atoms with van der Waals surface area (Å²) in [6, 6.07) is 0. The molecule has 0 saturated heterocycles. The van der Waals surface area contributed by atoms with Crippen LogP contribution in [0.15, 0.2) is 0 Å². The summed E-state index contributed by atoms with van der Waals surface area (Å²) in [5, 5.41) is 2.92. The number of hydrogen-bond donors (Lipinski definition) is 1. The van der Waals surface area contributed by atoms with E-state index in [0.29, 0.717) is 12.8 Å². The highest BCUT2D eigenvalue weighted by molar-refractivity contribution is 5.88.